The lowest BCUT2D eigenvalue weighted by Gasteiger charge is -2.18. The molecule has 0 bridgehead atoms. The van der Waals surface area contributed by atoms with Gasteiger partial charge in [0.25, 0.3) is 0 Å². The van der Waals surface area contributed by atoms with Gasteiger partial charge in [0.1, 0.15) is 13.2 Å². The molecule has 6 nitrogen and oxygen atoms in total. The van der Waals surface area contributed by atoms with Gasteiger partial charge in [-0.2, -0.15) is 0 Å². The highest BCUT2D eigenvalue weighted by Gasteiger charge is 2.19. The summed E-state index contributed by atoms with van der Waals surface area (Å²) in [5.74, 6) is -1.03. The second-order valence-electron chi connectivity index (χ2n) is 15.0. The van der Waals surface area contributed by atoms with Gasteiger partial charge in [0.05, 0.1) is 0 Å². The number of carbonyl (C=O) groups excluding carboxylic acids is 3. The molecular formula is C54H84O6. The maximum Gasteiger partial charge on any atom is 0.306 e. The maximum absolute atomic E-state index is 12.7. The molecule has 0 amide bonds. The van der Waals surface area contributed by atoms with Crippen molar-refractivity contribution in [2.75, 3.05) is 13.2 Å². The van der Waals surface area contributed by atoms with Crippen molar-refractivity contribution in [1.29, 1.82) is 0 Å². The van der Waals surface area contributed by atoms with Gasteiger partial charge in [0, 0.05) is 19.3 Å². The summed E-state index contributed by atoms with van der Waals surface area (Å²) in [6.07, 6.45) is 64.7. The van der Waals surface area contributed by atoms with Crippen LogP contribution in [0.3, 0.4) is 0 Å². The molecule has 60 heavy (non-hydrogen) atoms. The summed E-state index contributed by atoms with van der Waals surface area (Å²) in [5, 5.41) is 0. The van der Waals surface area contributed by atoms with E-state index >= 15 is 0 Å². The van der Waals surface area contributed by atoms with Crippen LogP contribution in [0, 0.1) is 0 Å². The van der Waals surface area contributed by atoms with Crippen molar-refractivity contribution in [2.24, 2.45) is 0 Å². The van der Waals surface area contributed by atoms with Crippen LogP contribution >= 0.6 is 0 Å². The van der Waals surface area contributed by atoms with E-state index in [0.717, 1.165) is 96.3 Å². The molecule has 0 aliphatic rings. The topological polar surface area (TPSA) is 78.9 Å². The van der Waals surface area contributed by atoms with Crippen LogP contribution in [0.4, 0.5) is 0 Å². The summed E-state index contributed by atoms with van der Waals surface area (Å²) in [7, 11) is 0. The quantitative estimate of drug-likeness (QED) is 0.0201. The van der Waals surface area contributed by atoms with Crippen molar-refractivity contribution >= 4 is 17.9 Å². The largest absolute Gasteiger partial charge is 0.462 e. The standard InChI is InChI=1S/C54H84O6/c1-4-7-10-13-16-19-22-25-26-27-28-30-32-35-38-41-44-47-53(56)59-50-51(49-58-52(55)46-43-40-37-34-31-24-21-18-15-12-9-6-3)60-54(57)48-45-42-39-36-33-29-23-20-17-14-11-8-5-2/h7,9-10,12-13,16,18-19,21-22,25-34,51H,4-6,8,11,14-15,17,20,23-24,35-50H2,1-3H3/b10-7-,12-9-,16-13-,21-18-,22-19-,26-25-,28-27+,32-30-,33-29-,34-31-. The van der Waals surface area contributed by atoms with Crippen molar-refractivity contribution in [3.63, 3.8) is 0 Å². The van der Waals surface area contributed by atoms with Crippen LogP contribution in [0.25, 0.3) is 0 Å². The fraction of sp³-hybridized carbons (Fsp3) is 0.574. The SMILES string of the molecule is CC\C=C/C=C\C=C/C=C\C=C\C=C/CCCCCC(=O)OCC(COC(=O)CCCC/C=C\C/C=C\C/C=C\CC)OC(=O)CCCCC/C=C\CCCCCCCC. The van der Waals surface area contributed by atoms with Crippen LogP contribution in [0.15, 0.2) is 122 Å². The Morgan fingerprint density at radius 3 is 1.27 bits per heavy atom. The molecule has 6 heteroatoms. The third-order valence-corrected chi connectivity index (χ3v) is 9.34. The zero-order chi connectivity index (χ0) is 43.7. The molecule has 1 atom stereocenters. The van der Waals surface area contributed by atoms with Gasteiger partial charge in [-0.15, -0.1) is 0 Å². The first-order valence-electron chi connectivity index (χ1n) is 23.6. The molecule has 0 saturated carbocycles. The highest BCUT2D eigenvalue weighted by molar-refractivity contribution is 5.71. The monoisotopic (exact) mass is 829 g/mol. The van der Waals surface area contributed by atoms with Crippen molar-refractivity contribution in [2.45, 2.75) is 187 Å². The molecule has 0 aromatic carbocycles. The van der Waals surface area contributed by atoms with Crippen molar-refractivity contribution < 1.29 is 28.6 Å². The van der Waals surface area contributed by atoms with Crippen molar-refractivity contribution in [3.8, 4) is 0 Å². The molecule has 0 aromatic heterocycles. The number of rotatable bonds is 40. The third kappa shape index (κ3) is 44.9. The van der Waals surface area contributed by atoms with Crippen LogP contribution in [-0.4, -0.2) is 37.2 Å². The minimum Gasteiger partial charge on any atom is -0.462 e. The lowest BCUT2D eigenvalue weighted by Crippen LogP contribution is -2.30. The molecule has 0 radical (unpaired) electrons. The van der Waals surface area contributed by atoms with E-state index in [4.69, 9.17) is 14.2 Å². The number of ether oxygens (including phenoxy) is 3. The van der Waals surface area contributed by atoms with Gasteiger partial charge in [-0.25, -0.2) is 0 Å². The van der Waals surface area contributed by atoms with E-state index in [1.165, 1.54) is 38.5 Å². The molecule has 0 spiro atoms. The fourth-order valence-corrected chi connectivity index (χ4v) is 5.83. The molecule has 0 aliphatic heterocycles. The van der Waals surface area contributed by atoms with E-state index in [1.54, 1.807) is 0 Å². The van der Waals surface area contributed by atoms with Crippen LogP contribution in [0.5, 0.6) is 0 Å². The first-order valence-corrected chi connectivity index (χ1v) is 23.6. The lowest BCUT2D eigenvalue weighted by atomic mass is 10.1. The summed E-state index contributed by atoms with van der Waals surface area (Å²) in [6.45, 7) is 6.25. The second kappa shape index (κ2) is 47.5. The summed E-state index contributed by atoms with van der Waals surface area (Å²) in [4.78, 5) is 37.8. The Labute approximate surface area is 367 Å². The first kappa shape index (κ1) is 55.8. The van der Waals surface area contributed by atoms with E-state index in [-0.39, 0.29) is 37.5 Å². The van der Waals surface area contributed by atoms with Crippen molar-refractivity contribution in [3.05, 3.63) is 122 Å². The number of allylic oxidation sites excluding steroid dienone is 20. The summed E-state index contributed by atoms with van der Waals surface area (Å²) in [5.41, 5.74) is 0. The number of esters is 3. The molecule has 1 unspecified atom stereocenters. The average Bonchev–Trinajstić information content (AvgIpc) is 3.24. The molecule has 0 N–H and O–H groups in total. The number of carbonyl (C=O) groups is 3. The van der Waals surface area contributed by atoms with E-state index in [1.807, 2.05) is 60.8 Å². The Bertz CT molecular complexity index is 1320. The van der Waals surface area contributed by atoms with Crippen LogP contribution in [0.2, 0.25) is 0 Å². The van der Waals surface area contributed by atoms with Gasteiger partial charge >= 0.3 is 17.9 Å². The molecule has 0 fully saturated rings. The molecule has 0 aromatic rings. The maximum atomic E-state index is 12.7. The van der Waals surface area contributed by atoms with Gasteiger partial charge in [-0.1, -0.05) is 187 Å². The zero-order valence-electron chi connectivity index (χ0n) is 38.2. The third-order valence-electron chi connectivity index (χ3n) is 9.34. The minimum atomic E-state index is -0.822. The Hall–Kier alpha value is -4.19. The van der Waals surface area contributed by atoms with Crippen LogP contribution < -0.4 is 0 Å². The van der Waals surface area contributed by atoms with Crippen LogP contribution in [-0.2, 0) is 28.6 Å². The molecule has 0 rings (SSSR count). The van der Waals surface area contributed by atoms with E-state index in [2.05, 4.69) is 81.5 Å². The Morgan fingerprint density at radius 2 is 0.733 bits per heavy atom. The van der Waals surface area contributed by atoms with Gasteiger partial charge < -0.3 is 14.2 Å². The van der Waals surface area contributed by atoms with E-state index < -0.39 is 6.10 Å². The predicted octanol–water partition coefficient (Wildman–Crippen LogP) is 15.4. The normalized spacial score (nSPS) is 13.2. The van der Waals surface area contributed by atoms with E-state index in [0.29, 0.717) is 19.3 Å². The second-order valence-corrected chi connectivity index (χ2v) is 15.0. The Morgan fingerprint density at radius 1 is 0.367 bits per heavy atom. The lowest BCUT2D eigenvalue weighted by molar-refractivity contribution is -0.167. The van der Waals surface area contributed by atoms with Gasteiger partial charge in [-0.3, -0.25) is 14.4 Å². The van der Waals surface area contributed by atoms with Crippen molar-refractivity contribution in [1.82, 2.24) is 0 Å². The Balaban J connectivity index is 4.57. The van der Waals surface area contributed by atoms with Gasteiger partial charge in [0.2, 0.25) is 0 Å². The Kier molecular flexibility index (Phi) is 44.2. The summed E-state index contributed by atoms with van der Waals surface area (Å²) >= 11 is 0. The molecular weight excluding hydrogens is 745 g/mol. The highest BCUT2D eigenvalue weighted by atomic mass is 16.6. The first-order chi connectivity index (χ1) is 29.5. The minimum absolute atomic E-state index is 0.123. The molecule has 0 saturated heterocycles. The number of unbranched alkanes of at least 4 members (excludes halogenated alkanes) is 14. The molecule has 0 aliphatic carbocycles. The smallest absolute Gasteiger partial charge is 0.306 e. The van der Waals surface area contributed by atoms with E-state index in [9.17, 15) is 14.4 Å². The zero-order valence-corrected chi connectivity index (χ0v) is 38.2. The number of hydrogen-bond acceptors (Lipinski definition) is 6. The number of hydrogen-bond donors (Lipinski definition) is 0. The van der Waals surface area contributed by atoms with Gasteiger partial charge in [-0.05, 0) is 96.3 Å². The predicted molar refractivity (Wildman–Crippen MR) is 256 cm³/mol. The van der Waals surface area contributed by atoms with Gasteiger partial charge in [0.15, 0.2) is 6.10 Å². The fourth-order valence-electron chi connectivity index (χ4n) is 5.83. The summed E-state index contributed by atoms with van der Waals surface area (Å²) < 4.78 is 16.6. The van der Waals surface area contributed by atoms with Crippen LogP contribution in [0.1, 0.15) is 181 Å². The average molecular weight is 829 g/mol. The highest BCUT2D eigenvalue weighted by Crippen LogP contribution is 2.11. The molecule has 0 heterocycles. The molecule has 336 valence electrons. The summed E-state index contributed by atoms with van der Waals surface area (Å²) in [6, 6.07) is 0.